The van der Waals surface area contributed by atoms with Crippen molar-refractivity contribution in [2.45, 2.75) is 25.7 Å². The molecule has 24 heavy (non-hydrogen) atoms. The van der Waals surface area contributed by atoms with Crippen molar-refractivity contribution in [3.63, 3.8) is 0 Å². The molecule has 2 aromatic carbocycles. The van der Waals surface area contributed by atoms with E-state index < -0.39 is 0 Å². The van der Waals surface area contributed by atoms with Crippen LogP contribution in [-0.2, 0) is 0 Å². The Morgan fingerprint density at radius 3 is 1.79 bits per heavy atom. The third-order valence-electron chi connectivity index (χ3n) is 4.68. The predicted molar refractivity (Wildman–Crippen MR) is 109 cm³/mol. The lowest BCUT2D eigenvalue weighted by Crippen LogP contribution is -1.99. The van der Waals surface area contributed by atoms with Crippen molar-refractivity contribution < 1.29 is 0 Å². The third-order valence-corrected chi connectivity index (χ3v) is 5.67. The molecule has 2 heterocycles. The molecule has 0 aliphatic rings. The SMILES string of the molecule is CCCC(c1c[nH]c2ccc(Br)cc12)c1c[nH]c2ccc(Br)cc12. The van der Waals surface area contributed by atoms with Gasteiger partial charge in [0.05, 0.1) is 0 Å². The summed E-state index contributed by atoms with van der Waals surface area (Å²) in [5.74, 6) is 0.376. The van der Waals surface area contributed by atoms with Gasteiger partial charge in [0.2, 0.25) is 0 Å². The van der Waals surface area contributed by atoms with Crippen LogP contribution in [0.5, 0.6) is 0 Å². The van der Waals surface area contributed by atoms with E-state index in [1.165, 1.54) is 32.9 Å². The first kappa shape index (κ1) is 16.0. The normalized spacial score (nSPS) is 11.8. The van der Waals surface area contributed by atoms with Gasteiger partial charge in [-0.25, -0.2) is 0 Å². The summed E-state index contributed by atoms with van der Waals surface area (Å²) in [6, 6.07) is 12.9. The Morgan fingerprint density at radius 2 is 1.33 bits per heavy atom. The molecule has 0 saturated carbocycles. The lowest BCUT2D eigenvalue weighted by Gasteiger charge is -2.16. The maximum atomic E-state index is 3.61. The van der Waals surface area contributed by atoms with E-state index in [1.54, 1.807) is 0 Å². The van der Waals surface area contributed by atoms with Crippen molar-refractivity contribution in [3.05, 3.63) is 68.9 Å². The van der Waals surface area contributed by atoms with Crippen LogP contribution in [-0.4, -0.2) is 9.97 Å². The largest absolute Gasteiger partial charge is 0.361 e. The van der Waals surface area contributed by atoms with Crippen molar-refractivity contribution in [1.82, 2.24) is 9.97 Å². The minimum Gasteiger partial charge on any atom is -0.361 e. The van der Waals surface area contributed by atoms with Gasteiger partial charge in [0.1, 0.15) is 0 Å². The molecule has 0 aliphatic carbocycles. The highest BCUT2D eigenvalue weighted by molar-refractivity contribution is 9.10. The molecule has 0 saturated heterocycles. The number of nitrogens with one attached hydrogen (secondary N) is 2. The molecule has 0 fully saturated rings. The number of rotatable bonds is 4. The lowest BCUT2D eigenvalue weighted by atomic mass is 9.87. The molecule has 0 radical (unpaired) electrons. The van der Waals surface area contributed by atoms with Crippen LogP contribution in [0, 0.1) is 0 Å². The minimum absolute atomic E-state index is 0.376. The van der Waals surface area contributed by atoms with Gasteiger partial charge in [-0.2, -0.15) is 0 Å². The van der Waals surface area contributed by atoms with Crippen LogP contribution in [0.15, 0.2) is 57.7 Å². The van der Waals surface area contributed by atoms with Crippen LogP contribution >= 0.6 is 31.9 Å². The molecule has 0 bridgehead atoms. The smallest absolute Gasteiger partial charge is 0.0457 e. The van der Waals surface area contributed by atoms with E-state index in [9.17, 15) is 0 Å². The van der Waals surface area contributed by atoms with Crippen molar-refractivity contribution >= 4 is 53.7 Å². The molecule has 122 valence electrons. The van der Waals surface area contributed by atoms with Crippen LogP contribution in [0.25, 0.3) is 21.8 Å². The Bertz CT molecular complexity index is 933. The average molecular weight is 446 g/mol. The van der Waals surface area contributed by atoms with Crippen LogP contribution in [0.1, 0.15) is 36.8 Å². The molecule has 0 atom stereocenters. The quantitative estimate of drug-likeness (QED) is 0.335. The van der Waals surface area contributed by atoms with Crippen LogP contribution in [0.2, 0.25) is 0 Å². The number of hydrogen-bond donors (Lipinski definition) is 2. The number of hydrogen-bond acceptors (Lipinski definition) is 0. The van der Waals surface area contributed by atoms with Gasteiger partial charge in [-0.1, -0.05) is 45.2 Å². The van der Waals surface area contributed by atoms with Crippen molar-refractivity contribution in [3.8, 4) is 0 Å². The monoisotopic (exact) mass is 444 g/mol. The zero-order chi connectivity index (χ0) is 16.7. The fourth-order valence-corrected chi connectivity index (χ4v) is 4.29. The van der Waals surface area contributed by atoms with Crippen LogP contribution in [0.4, 0.5) is 0 Å². The maximum absolute atomic E-state index is 3.61. The Balaban J connectivity index is 1.92. The standard InChI is InChI=1S/C20H18Br2N2/c1-2-3-14(17-10-23-19-6-4-12(21)8-15(17)19)18-11-24-20-7-5-13(22)9-16(18)20/h4-11,14,23-24H,2-3H2,1H3. The summed E-state index contributed by atoms with van der Waals surface area (Å²) >= 11 is 7.22. The van der Waals surface area contributed by atoms with Gasteiger partial charge in [0.25, 0.3) is 0 Å². The molecule has 0 unspecified atom stereocenters. The first-order chi connectivity index (χ1) is 11.7. The van der Waals surface area contributed by atoms with Gasteiger partial charge in [-0.3, -0.25) is 0 Å². The molecule has 4 rings (SSSR count). The van der Waals surface area contributed by atoms with Gasteiger partial charge in [0.15, 0.2) is 0 Å². The number of aromatic nitrogens is 2. The zero-order valence-electron chi connectivity index (χ0n) is 13.4. The molecule has 4 aromatic rings. The van der Waals surface area contributed by atoms with E-state index in [0.717, 1.165) is 21.8 Å². The number of benzene rings is 2. The second-order valence-corrected chi connectivity index (χ2v) is 8.04. The van der Waals surface area contributed by atoms with E-state index in [-0.39, 0.29) is 0 Å². The summed E-state index contributed by atoms with van der Waals surface area (Å²) in [5.41, 5.74) is 5.12. The summed E-state index contributed by atoms with van der Waals surface area (Å²) in [7, 11) is 0. The highest BCUT2D eigenvalue weighted by Crippen LogP contribution is 2.38. The summed E-state index contributed by atoms with van der Waals surface area (Å²) < 4.78 is 2.24. The van der Waals surface area contributed by atoms with Crippen LogP contribution < -0.4 is 0 Å². The molecule has 0 amide bonds. The first-order valence-corrected chi connectivity index (χ1v) is 9.79. The van der Waals surface area contributed by atoms with Gasteiger partial charge in [0, 0.05) is 49.1 Å². The number of aromatic amines is 2. The van der Waals surface area contributed by atoms with Crippen LogP contribution in [0.3, 0.4) is 0 Å². The van der Waals surface area contributed by atoms with E-state index >= 15 is 0 Å². The molecule has 0 spiro atoms. The number of halogens is 2. The number of H-pyrrole nitrogens is 2. The molecule has 2 aromatic heterocycles. The fourth-order valence-electron chi connectivity index (χ4n) is 3.57. The van der Waals surface area contributed by atoms with E-state index in [2.05, 4.69) is 97.5 Å². The highest BCUT2D eigenvalue weighted by Gasteiger charge is 2.20. The van der Waals surface area contributed by atoms with Gasteiger partial charge >= 0.3 is 0 Å². The Kier molecular flexibility index (Phi) is 4.27. The molecular weight excluding hydrogens is 428 g/mol. The minimum atomic E-state index is 0.376. The van der Waals surface area contributed by atoms with E-state index in [0.29, 0.717) is 5.92 Å². The summed E-state index contributed by atoms with van der Waals surface area (Å²) in [6.07, 6.45) is 6.62. The first-order valence-electron chi connectivity index (χ1n) is 8.20. The summed E-state index contributed by atoms with van der Waals surface area (Å²) in [5, 5.41) is 2.60. The van der Waals surface area contributed by atoms with Gasteiger partial charge < -0.3 is 9.97 Å². The Morgan fingerprint density at radius 1 is 0.833 bits per heavy atom. The molecule has 2 nitrogen and oxygen atoms in total. The maximum Gasteiger partial charge on any atom is 0.0457 e. The Labute approximate surface area is 157 Å². The number of fused-ring (bicyclic) bond motifs is 2. The average Bonchev–Trinajstić information content (AvgIpc) is 3.16. The summed E-state index contributed by atoms with van der Waals surface area (Å²) in [4.78, 5) is 6.87. The Hall–Kier alpha value is -1.52. The van der Waals surface area contributed by atoms with Crippen molar-refractivity contribution in [2.24, 2.45) is 0 Å². The molecule has 0 aliphatic heterocycles. The second-order valence-electron chi connectivity index (χ2n) is 6.21. The van der Waals surface area contributed by atoms with E-state index in [4.69, 9.17) is 0 Å². The lowest BCUT2D eigenvalue weighted by molar-refractivity contribution is 0.706. The molecule has 2 N–H and O–H groups in total. The van der Waals surface area contributed by atoms with E-state index in [1.807, 2.05) is 0 Å². The zero-order valence-corrected chi connectivity index (χ0v) is 16.5. The molecular formula is C20H18Br2N2. The predicted octanol–water partition coefficient (Wildman–Crippen LogP) is 7.11. The van der Waals surface area contributed by atoms with Gasteiger partial charge in [-0.05, 0) is 53.9 Å². The van der Waals surface area contributed by atoms with Crippen molar-refractivity contribution in [2.75, 3.05) is 0 Å². The topological polar surface area (TPSA) is 31.6 Å². The van der Waals surface area contributed by atoms with Gasteiger partial charge in [-0.15, -0.1) is 0 Å². The highest BCUT2D eigenvalue weighted by atomic mass is 79.9. The molecule has 4 heteroatoms. The fraction of sp³-hybridized carbons (Fsp3) is 0.200. The summed E-state index contributed by atoms with van der Waals surface area (Å²) in [6.45, 7) is 2.25. The second kappa shape index (κ2) is 6.41. The third kappa shape index (κ3) is 2.72. The van der Waals surface area contributed by atoms with Crippen molar-refractivity contribution in [1.29, 1.82) is 0 Å².